The molecule has 7 heteroatoms. The first-order valence-electron chi connectivity index (χ1n) is 10.8. The first kappa shape index (κ1) is 23.6. The van der Waals surface area contributed by atoms with Crippen LogP contribution in [0.3, 0.4) is 0 Å². The molecule has 5 nitrogen and oxygen atoms in total. The van der Waals surface area contributed by atoms with Crippen molar-refractivity contribution in [3.05, 3.63) is 119 Å². The van der Waals surface area contributed by atoms with Crippen LogP contribution in [0.25, 0.3) is 0 Å². The zero-order valence-corrected chi connectivity index (χ0v) is 19.8. The Labute approximate surface area is 199 Å². The summed E-state index contributed by atoms with van der Waals surface area (Å²) < 4.78 is 47.3. The molecule has 0 fully saturated rings. The van der Waals surface area contributed by atoms with Gasteiger partial charge in [0, 0.05) is 6.54 Å². The molecule has 0 saturated carbocycles. The molecule has 0 N–H and O–H groups in total. The second-order valence-corrected chi connectivity index (χ2v) is 10.0. The standard InChI is InChI=1S/C27H25FN2O3S/c1-20-3-7-22(8-4-20)18-30(34(31,32)27-15-5-21(2)6-16-27)19-26-14-13-25(33-26)17-29-24-11-9-23(28)10-12-24/h3-17H,18-19H2,1-2H3. The van der Waals surface area contributed by atoms with Crippen LogP contribution in [0.5, 0.6) is 0 Å². The van der Waals surface area contributed by atoms with E-state index in [0.29, 0.717) is 17.2 Å². The van der Waals surface area contributed by atoms with E-state index in [1.807, 2.05) is 38.1 Å². The zero-order chi connectivity index (χ0) is 24.1. The summed E-state index contributed by atoms with van der Waals surface area (Å²) >= 11 is 0. The average Bonchev–Trinajstić information content (AvgIpc) is 3.27. The van der Waals surface area contributed by atoms with E-state index < -0.39 is 10.0 Å². The molecule has 0 saturated heterocycles. The quantitative estimate of drug-likeness (QED) is 0.285. The second kappa shape index (κ2) is 10.2. The molecule has 0 aliphatic rings. The maximum Gasteiger partial charge on any atom is 0.243 e. The van der Waals surface area contributed by atoms with Crippen LogP contribution in [-0.4, -0.2) is 18.9 Å². The molecule has 0 aliphatic heterocycles. The van der Waals surface area contributed by atoms with Crippen LogP contribution in [0.4, 0.5) is 10.1 Å². The van der Waals surface area contributed by atoms with Gasteiger partial charge in [0.25, 0.3) is 0 Å². The van der Waals surface area contributed by atoms with Gasteiger partial charge in [-0.15, -0.1) is 0 Å². The predicted molar refractivity (Wildman–Crippen MR) is 131 cm³/mol. The fourth-order valence-electron chi connectivity index (χ4n) is 3.37. The molecule has 174 valence electrons. The third-order valence-corrected chi connectivity index (χ3v) is 7.13. The van der Waals surface area contributed by atoms with Crippen molar-refractivity contribution in [2.75, 3.05) is 0 Å². The predicted octanol–water partition coefficient (Wildman–Crippen LogP) is 6.18. The van der Waals surface area contributed by atoms with Crippen LogP contribution in [-0.2, 0) is 23.1 Å². The monoisotopic (exact) mass is 476 g/mol. The van der Waals surface area contributed by atoms with Gasteiger partial charge in [-0.2, -0.15) is 4.31 Å². The van der Waals surface area contributed by atoms with Gasteiger partial charge in [-0.05, 0) is 67.9 Å². The van der Waals surface area contributed by atoms with Crippen LogP contribution in [0, 0.1) is 19.7 Å². The number of rotatable bonds is 8. The van der Waals surface area contributed by atoms with Crippen molar-refractivity contribution in [1.82, 2.24) is 4.31 Å². The number of aryl methyl sites for hydroxylation is 2. The van der Waals surface area contributed by atoms with Gasteiger partial charge in [-0.1, -0.05) is 47.5 Å². The molecular weight excluding hydrogens is 451 g/mol. The molecule has 0 spiro atoms. The number of benzene rings is 3. The highest BCUT2D eigenvalue weighted by Gasteiger charge is 2.26. The molecule has 0 aliphatic carbocycles. The number of hydrogen-bond acceptors (Lipinski definition) is 4. The first-order chi connectivity index (χ1) is 16.3. The Morgan fingerprint density at radius 3 is 2.09 bits per heavy atom. The third kappa shape index (κ3) is 5.87. The van der Waals surface area contributed by atoms with E-state index in [0.717, 1.165) is 16.7 Å². The SMILES string of the molecule is Cc1ccc(CN(Cc2ccc(C=Nc3ccc(F)cc3)o2)S(=O)(=O)c2ccc(C)cc2)cc1. The maximum absolute atomic E-state index is 13.5. The Morgan fingerprint density at radius 2 is 1.44 bits per heavy atom. The second-order valence-electron chi connectivity index (χ2n) is 8.11. The fourth-order valence-corrected chi connectivity index (χ4v) is 4.76. The summed E-state index contributed by atoms with van der Waals surface area (Å²) in [6, 6.07) is 23.8. The molecule has 1 aromatic heterocycles. The molecule has 34 heavy (non-hydrogen) atoms. The van der Waals surface area contributed by atoms with Crippen molar-refractivity contribution in [1.29, 1.82) is 0 Å². The summed E-state index contributed by atoms with van der Waals surface area (Å²) in [5, 5.41) is 0. The van der Waals surface area contributed by atoms with Crippen LogP contribution in [0.1, 0.15) is 28.2 Å². The van der Waals surface area contributed by atoms with Crippen LogP contribution < -0.4 is 0 Å². The minimum absolute atomic E-state index is 0.0640. The fraction of sp³-hybridized carbons (Fsp3) is 0.148. The maximum atomic E-state index is 13.5. The van der Waals surface area contributed by atoms with Crippen molar-refractivity contribution in [2.24, 2.45) is 4.99 Å². The van der Waals surface area contributed by atoms with E-state index in [1.165, 1.54) is 22.7 Å². The van der Waals surface area contributed by atoms with Gasteiger partial charge in [0.15, 0.2) is 0 Å². The molecular formula is C27H25FN2O3S. The van der Waals surface area contributed by atoms with Crippen molar-refractivity contribution in [3.8, 4) is 0 Å². The highest BCUT2D eigenvalue weighted by molar-refractivity contribution is 7.89. The van der Waals surface area contributed by atoms with Gasteiger partial charge >= 0.3 is 0 Å². The molecule has 0 bridgehead atoms. The Balaban J connectivity index is 1.58. The summed E-state index contributed by atoms with van der Waals surface area (Å²) in [7, 11) is -3.77. The van der Waals surface area contributed by atoms with E-state index in [4.69, 9.17) is 4.42 Å². The molecule has 3 aromatic carbocycles. The summed E-state index contributed by atoms with van der Waals surface area (Å²) in [5.41, 5.74) is 3.56. The molecule has 4 rings (SSSR count). The number of furan rings is 1. The van der Waals surface area contributed by atoms with Crippen LogP contribution >= 0.6 is 0 Å². The summed E-state index contributed by atoms with van der Waals surface area (Å²) in [6.45, 7) is 4.17. The summed E-state index contributed by atoms with van der Waals surface area (Å²) in [5.74, 6) is 0.633. The molecule has 1 heterocycles. The van der Waals surface area contributed by atoms with Gasteiger partial charge in [0.05, 0.1) is 23.3 Å². The zero-order valence-electron chi connectivity index (χ0n) is 19.0. The van der Waals surface area contributed by atoms with Crippen molar-refractivity contribution >= 4 is 21.9 Å². The van der Waals surface area contributed by atoms with Crippen LogP contribution in [0.2, 0.25) is 0 Å². The molecule has 4 aromatic rings. The lowest BCUT2D eigenvalue weighted by atomic mass is 10.1. The highest BCUT2D eigenvalue weighted by Crippen LogP contribution is 2.23. The van der Waals surface area contributed by atoms with Crippen LogP contribution in [0.15, 0.2) is 99.2 Å². The Bertz CT molecular complexity index is 1380. The average molecular weight is 477 g/mol. The van der Waals surface area contributed by atoms with Gasteiger partial charge in [0.1, 0.15) is 17.3 Å². The number of aliphatic imine (C=N–C) groups is 1. The van der Waals surface area contributed by atoms with E-state index in [-0.39, 0.29) is 23.8 Å². The van der Waals surface area contributed by atoms with Gasteiger partial charge in [0.2, 0.25) is 10.0 Å². The van der Waals surface area contributed by atoms with Crippen molar-refractivity contribution < 1.29 is 17.2 Å². The van der Waals surface area contributed by atoms with E-state index in [9.17, 15) is 12.8 Å². The van der Waals surface area contributed by atoms with E-state index >= 15 is 0 Å². The lowest BCUT2D eigenvalue weighted by molar-refractivity contribution is 0.357. The first-order valence-corrected chi connectivity index (χ1v) is 12.2. The minimum Gasteiger partial charge on any atom is -0.459 e. The van der Waals surface area contributed by atoms with E-state index in [1.54, 1.807) is 48.5 Å². The molecule has 0 atom stereocenters. The number of hydrogen-bond donors (Lipinski definition) is 0. The highest BCUT2D eigenvalue weighted by atomic mass is 32.2. The Kier molecular flexibility index (Phi) is 7.05. The Morgan fingerprint density at radius 1 is 0.824 bits per heavy atom. The number of nitrogens with zero attached hydrogens (tertiary/aromatic N) is 2. The smallest absolute Gasteiger partial charge is 0.243 e. The number of halogens is 1. The third-order valence-electron chi connectivity index (χ3n) is 5.32. The van der Waals surface area contributed by atoms with Gasteiger partial charge in [-0.25, -0.2) is 12.8 Å². The lowest BCUT2D eigenvalue weighted by Crippen LogP contribution is -2.30. The largest absolute Gasteiger partial charge is 0.459 e. The lowest BCUT2D eigenvalue weighted by Gasteiger charge is -2.21. The van der Waals surface area contributed by atoms with Gasteiger partial charge < -0.3 is 4.42 Å². The molecule has 0 radical (unpaired) electrons. The van der Waals surface area contributed by atoms with E-state index in [2.05, 4.69) is 4.99 Å². The number of sulfonamides is 1. The molecule has 0 amide bonds. The minimum atomic E-state index is -3.77. The normalized spacial score (nSPS) is 12.0. The topological polar surface area (TPSA) is 62.9 Å². The Hall–Kier alpha value is -3.55. The summed E-state index contributed by atoms with van der Waals surface area (Å²) in [6.07, 6.45) is 1.52. The van der Waals surface area contributed by atoms with Gasteiger partial charge in [-0.3, -0.25) is 4.99 Å². The van der Waals surface area contributed by atoms with Crippen molar-refractivity contribution in [2.45, 2.75) is 31.8 Å². The summed E-state index contributed by atoms with van der Waals surface area (Å²) in [4.78, 5) is 4.50. The van der Waals surface area contributed by atoms with Crippen molar-refractivity contribution in [3.63, 3.8) is 0 Å². The molecule has 0 unspecified atom stereocenters.